The molecule has 2 atom stereocenters. The molecule has 1 amide bonds. The fourth-order valence-electron chi connectivity index (χ4n) is 2.00. The van der Waals surface area contributed by atoms with E-state index in [9.17, 15) is 9.59 Å². The number of carbonyl (C=O) groups excluding carboxylic acids is 1. The van der Waals surface area contributed by atoms with Gasteiger partial charge in [-0.3, -0.25) is 9.69 Å². The maximum atomic E-state index is 12.0. The second-order valence-electron chi connectivity index (χ2n) is 3.78. The molecule has 3 N–H and O–H groups in total. The predicted octanol–water partition coefficient (Wildman–Crippen LogP) is 0.0875. The largest absolute Gasteiger partial charge is 0.477 e. The standard InChI is InChI=1S/C9H8N4O3S2/c10-9-12-11-5(18-9)4-6(14)13-3(8(15)16)1-2-17-7(4)13/h1,4,7H,2H2,(H2,10,12)(H,15,16)/t4?,7-/m0/s1. The van der Waals surface area contributed by atoms with Crippen LogP contribution in [-0.2, 0) is 9.59 Å². The number of thioether (sulfide) groups is 1. The number of nitrogens with two attached hydrogens (primary N) is 1. The SMILES string of the molecule is Nc1nnc(C2C(=O)N3C(C(=O)O)=CCS[C@@H]23)s1. The number of aliphatic carboxylic acids is 1. The van der Waals surface area contributed by atoms with Crippen molar-refractivity contribution in [1.82, 2.24) is 15.1 Å². The van der Waals surface area contributed by atoms with Crippen LogP contribution in [0.5, 0.6) is 0 Å². The number of rotatable bonds is 2. The van der Waals surface area contributed by atoms with Crippen LogP contribution in [0.2, 0.25) is 0 Å². The van der Waals surface area contributed by atoms with E-state index in [-0.39, 0.29) is 17.0 Å². The van der Waals surface area contributed by atoms with Crippen molar-refractivity contribution in [1.29, 1.82) is 0 Å². The molecule has 1 aromatic rings. The van der Waals surface area contributed by atoms with Gasteiger partial charge in [0.15, 0.2) is 0 Å². The molecule has 0 saturated carbocycles. The maximum Gasteiger partial charge on any atom is 0.352 e. The van der Waals surface area contributed by atoms with Crippen LogP contribution < -0.4 is 5.73 Å². The zero-order chi connectivity index (χ0) is 12.9. The van der Waals surface area contributed by atoms with E-state index in [0.29, 0.717) is 15.9 Å². The summed E-state index contributed by atoms with van der Waals surface area (Å²) in [5, 5.41) is 17.2. The Morgan fingerprint density at radius 1 is 1.56 bits per heavy atom. The van der Waals surface area contributed by atoms with E-state index in [4.69, 9.17) is 10.8 Å². The number of hydrogen-bond donors (Lipinski definition) is 2. The zero-order valence-corrected chi connectivity index (χ0v) is 10.6. The number of nitrogen functional groups attached to an aromatic ring is 1. The summed E-state index contributed by atoms with van der Waals surface area (Å²) < 4.78 is 0. The lowest BCUT2D eigenvalue weighted by Crippen LogP contribution is -2.59. The summed E-state index contributed by atoms with van der Waals surface area (Å²) >= 11 is 2.68. The molecule has 0 bridgehead atoms. The third kappa shape index (κ3) is 1.51. The fourth-order valence-corrected chi connectivity index (χ4v) is 4.08. The van der Waals surface area contributed by atoms with Crippen molar-refractivity contribution in [3.05, 3.63) is 16.8 Å². The first-order valence-corrected chi connectivity index (χ1v) is 6.93. The summed E-state index contributed by atoms with van der Waals surface area (Å²) in [5.41, 5.74) is 5.55. The summed E-state index contributed by atoms with van der Waals surface area (Å²) in [6, 6.07) is 0. The fraction of sp³-hybridized carbons (Fsp3) is 0.333. The highest BCUT2D eigenvalue weighted by Crippen LogP contribution is 2.47. The molecule has 7 nitrogen and oxygen atoms in total. The molecule has 3 rings (SSSR count). The molecule has 0 radical (unpaired) electrons. The minimum atomic E-state index is -1.08. The second kappa shape index (κ2) is 3.95. The lowest BCUT2D eigenvalue weighted by atomic mass is 9.97. The van der Waals surface area contributed by atoms with Gasteiger partial charge in [0.05, 0.1) is 0 Å². The Labute approximate surface area is 110 Å². The molecule has 2 aliphatic heterocycles. The third-order valence-electron chi connectivity index (χ3n) is 2.79. The molecule has 2 aliphatic rings. The number of aromatic nitrogens is 2. The van der Waals surface area contributed by atoms with Crippen LogP contribution in [0.4, 0.5) is 5.13 Å². The van der Waals surface area contributed by atoms with E-state index >= 15 is 0 Å². The molecule has 9 heteroatoms. The summed E-state index contributed by atoms with van der Waals surface area (Å²) in [7, 11) is 0. The summed E-state index contributed by atoms with van der Waals surface area (Å²) in [6.45, 7) is 0. The molecule has 18 heavy (non-hydrogen) atoms. The average Bonchev–Trinajstić information content (AvgIpc) is 2.73. The summed E-state index contributed by atoms with van der Waals surface area (Å²) in [4.78, 5) is 24.4. The number of carbonyl (C=O) groups is 2. The van der Waals surface area contributed by atoms with E-state index in [1.807, 2.05) is 0 Å². The number of fused-ring (bicyclic) bond motifs is 1. The number of carboxylic acids is 1. The van der Waals surface area contributed by atoms with Crippen LogP contribution in [0.3, 0.4) is 0 Å². The Morgan fingerprint density at radius 3 is 2.94 bits per heavy atom. The third-order valence-corrected chi connectivity index (χ3v) is 4.81. The number of anilines is 1. The molecule has 94 valence electrons. The van der Waals surface area contributed by atoms with Gasteiger partial charge in [-0.05, 0) is 6.08 Å². The van der Waals surface area contributed by atoms with Gasteiger partial charge < -0.3 is 10.8 Å². The van der Waals surface area contributed by atoms with E-state index < -0.39 is 11.9 Å². The maximum absolute atomic E-state index is 12.0. The minimum absolute atomic E-state index is 0.0532. The van der Waals surface area contributed by atoms with Crippen LogP contribution in [0.15, 0.2) is 11.8 Å². The van der Waals surface area contributed by atoms with E-state index in [0.717, 1.165) is 0 Å². The minimum Gasteiger partial charge on any atom is -0.477 e. The van der Waals surface area contributed by atoms with Crippen molar-refractivity contribution in [2.24, 2.45) is 0 Å². The number of nitrogens with zero attached hydrogens (tertiary/aromatic N) is 3. The molecule has 0 aromatic carbocycles. The molecule has 1 saturated heterocycles. The molecule has 0 spiro atoms. The van der Waals surface area contributed by atoms with E-state index in [1.54, 1.807) is 6.08 Å². The highest BCUT2D eigenvalue weighted by molar-refractivity contribution is 8.00. The lowest BCUT2D eigenvalue weighted by Gasteiger charge is -2.47. The molecular formula is C9H8N4O3S2. The van der Waals surface area contributed by atoms with E-state index in [1.165, 1.54) is 28.0 Å². The van der Waals surface area contributed by atoms with Gasteiger partial charge in [-0.15, -0.1) is 22.0 Å². The first-order valence-electron chi connectivity index (χ1n) is 5.06. The summed E-state index contributed by atoms with van der Waals surface area (Å²) in [5.74, 6) is -1.19. The van der Waals surface area contributed by atoms with Crippen LogP contribution in [0, 0.1) is 0 Å². The van der Waals surface area contributed by atoms with Crippen molar-refractivity contribution in [2.75, 3.05) is 11.5 Å². The molecule has 1 fully saturated rings. The van der Waals surface area contributed by atoms with Crippen LogP contribution in [0.1, 0.15) is 10.9 Å². The molecular weight excluding hydrogens is 276 g/mol. The Hall–Kier alpha value is -1.61. The molecule has 3 heterocycles. The topological polar surface area (TPSA) is 109 Å². The molecule has 1 unspecified atom stereocenters. The van der Waals surface area contributed by atoms with Gasteiger partial charge in [-0.2, -0.15) is 0 Å². The number of amides is 1. The first-order chi connectivity index (χ1) is 8.59. The van der Waals surface area contributed by atoms with E-state index in [2.05, 4.69) is 10.2 Å². The number of carboxylic acid groups (broad SMARTS) is 1. The summed E-state index contributed by atoms with van der Waals surface area (Å²) in [6.07, 6.45) is 1.55. The van der Waals surface area contributed by atoms with Crippen LogP contribution in [-0.4, -0.2) is 43.2 Å². The van der Waals surface area contributed by atoms with Gasteiger partial charge in [0.2, 0.25) is 11.0 Å². The normalized spacial score (nSPS) is 26.3. The second-order valence-corrected chi connectivity index (χ2v) is 5.97. The van der Waals surface area contributed by atoms with Gasteiger partial charge in [0.25, 0.3) is 0 Å². The highest BCUT2D eigenvalue weighted by Gasteiger charge is 2.54. The van der Waals surface area contributed by atoms with Gasteiger partial charge >= 0.3 is 5.97 Å². The Kier molecular flexibility index (Phi) is 2.52. The first kappa shape index (κ1) is 11.5. The van der Waals surface area contributed by atoms with Crippen LogP contribution in [0.25, 0.3) is 0 Å². The van der Waals surface area contributed by atoms with Crippen LogP contribution >= 0.6 is 23.1 Å². The average molecular weight is 284 g/mol. The Morgan fingerprint density at radius 2 is 2.33 bits per heavy atom. The van der Waals surface area contributed by atoms with Crippen molar-refractivity contribution in [3.63, 3.8) is 0 Å². The molecule has 1 aromatic heterocycles. The predicted molar refractivity (Wildman–Crippen MR) is 65.9 cm³/mol. The van der Waals surface area contributed by atoms with Crippen molar-refractivity contribution < 1.29 is 14.7 Å². The van der Waals surface area contributed by atoms with Gasteiger partial charge in [0.1, 0.15) is 22.0 Å². The number of β-lactam (4-membered cyclic amide) rings is 1. The monoisotopic (exact) mass is 284 g/mol. The molecule has 0 aliphatic carbocycles. The van der Waals surface area contributed by atoms with Gasteiger partial charge in [-0.1, -0.05) is 11.3 Å². The Bertz CT molecular complexity index is 570. The zero-order valence-electron chi connectivity index (χ0n) is 8.94. The van der Waals surface area contributed by atoms with Gasteiger partial charge in [0, 0.05) is 5.75 Å². The number of hydrogen-bond acceptors (Lipinski definition) is 7. The highest BCUT2D eigenvalue weighted by atomic mass is 32.2. The quantitative estimate of drug-likeness (QED) is 0.740. The Balaban J connectivity index is 1.90. The van der Waals surface area contributed by atoms with Gasteiger partial charge in [-0.25, -0.2) is 4.79 Å². The van der Waals surface area contributed by atoms with Crippen molar-refractivity contribution >= 4 is 40.1 Å². The smallest absolute Gasteiger partial charge is 0.352 e. The lowest BCUT2D eigenvalue weighted by molar-refractivity contribution is -0.148. The van der Waals surface area contributed by atoms with Crippen molar-refractivity contribution in [2.45, 2.75) is 11.3 Å². The van der Waals surface area contributed by atoms with Crippen molar-refractivity contribution in [3.8, 4) is 0 Å².